The summed E-state index contributed by atoms with van der Waals surface area (Å²) in [5.74, 6) is -1.04. The number of hydrogen-bond acceptors (Lipinski definition) is 5. The monoisotopic (exact) mass is 378 g/mol. The highest BCUT2D eigenvalue weighted by Crippen LogP contribution is 2.22. The molecule has 1 aliphatic carbocycles. The van der Waals surface area contributed by atoms with Gasteiger partial charge in [-0.05, 0) is 44.0 Å². The molecule has 0 bridgehead atoms. The number of aryl methyl sites for hydroxylation is 1. The molecule has 0 saturated heterocycles. The molecule has 1 aromatic carbocycles. The first-order valence-corrected chi connectivity index (χ1v) is 9.48. The van der Waals surface area contributed by atoms with Crippen LogP contribution in [0.4, 0.5) is 0 Å². The van der Waals surface area contributed by atoms with Gasteiger partial charge in [-0.25, -0.2) is 17.9 Å². The molecule has 1 fully saturated rings. The van der Waals surface area contributed by atoms with E-state index in [2.05, 4.69) is 10.0 Å². The highest BCUT2D eigenvalue weighted by molar-refractivity contribution is 7.89. The van der Waals surface area contributed by atoms with Crippen molar-refractivity contribution in [2.75, 3.05) is 0 Å². The molecule has 3 N–H and O–H groups in total. The maximum Gasteiger partial charge on any atom is 0.339 e. The first-order valence-electron chi connectivity index (χ1n) is 7.99. The van der Waals surface area contributed by atoms with Crippen LogP contribution in [0.25, 0.3) is 0 Å². The number of carboxylic acid groups (broad SMARTS) is 1. The number of sulfonamides is 1. The van der Waals surface area contributed by atoms with Crippen molar-refractivity contribution in [1.82, 2.24) is 10.0 Å². The van der Waals surface area contributed by atoms with Crippen LogP contribution in [0, 0.1) is 6.92 Å². The van der Waals surface area contributed by atoms with Gasteiger partial charge in [-0.3, -0.25) is 4.79 Å². The fraction of sp³-hybridized carbons (Fsp3) is 0.294. The lowest BCUT2D eigenvalue weighted by atomic mass is 10.2. The summed E-state index contributed by atoms with van der Waals surface area (Å²) in [7, 11) is -3.65. The second-order valence-corrected chi connectivity index (χ2v) is 7.81. The molecule has 1 saturated carbocycles. The highest BCUT2D eigenvalue weighted by Gasteiger charge is 2.28. The number of carbonyl (C=O) groups is 2. The average molecular weight is 378 g/mol. The summed E-state index contributed by atoms with van der Waals surface area (Å²) >= 11 is 0. The zero-order chi connectivity index (χ0) is 18.9. The number of carboxylic acids is 1. The Balaban J connectivity index is 1.69. The Morgan fingerprint density at radius 2 is 2.00 bits per heavy atom. The topological polar surface area (TPSA) is 126 Å². The Labute approximate surface area is 150 Å². The van der Waals surface area contributed by atoms with E-state index in [1.165, 1.54) is 37.3 Å². The normalized spacial score (nSPS) is 14.2. The van der Waals surface area contributed by atoms with Crippen molar-refractivity contribution < 1.29 is 27.5 Å². The van der Waals surface area contributed by atoms with Crippen molar-refractivity contribution in [2.24, 2.45) is 0 Å². The fourth-order valence-electron chi connectivity index (χ4n) is 2.41. The van der Waals surface area contributed by atoms with Crippen LogP contribution in [0.15, 0.2) is 39.6 Å². The Morgan fingerprint density at radius 1 is 1.27 bits per heavy atom. The Morgan fingerprint density at radius 3 is 2.62 bits per heavy atom. The zero-order valence-corrected chi connectivity index (χ0v) is 14.8. The quantitative estimate of drug-likeness (QED) is 0.673. The van der Waals surface area contributed by atoms with E-state index in [1.54, 1.807) is 0 Å². The summed E-state index contributed by atoms with van der Waals surface area (Å²) in [6.07, 6.45) is 1.64. The van der Waals surface area contributed by atoms with Crippen molar-refractivity contribution in [3.8, 4) is 0 Å². The molecule has 2 aromatic rings. The molecule has 138 valence electrons. The number of aromatic carboxylic acids is 1. The van der Waals surface area contributed by atoms with Gasteiger partial charge in [-0.15, -0.1) is 0 Å². The van der Waals surface area contributed by atoms with E-state index >= 15 is 0 Å². The van der Waals surface area contributed by atoms with Gasteiger partial charge in [0.25, 0.3) is 5.91 Å². The van der Waals surface area contributed by atoms with Crippen LogP contribution in [-0.4, -0.2) is 31.4 Å². The molecule has 9 heteroatoms. The number of amides is 1. The molecule has 26 heavy (non-hydrogen) atoms. The third-order valence-corrected chi connectivity index (χ3v) is 5.45. The molecule has 1 aromatic heterocycles. The minimum absolute atomic E-state index is 0.00967. The number of hydrogen-bond donors (Lipinski definition) is 3. The van der Waals surface area contributed by atoms with Crippen LogP contribution in [0.1, 0.15) is 45.1 Å². The van der Waals surface area contributed by atoms with Gasteiger partial charge < -0.3 is 14.8 Å². The molecule has 8 nitrogen and oxygen atoms in total. The minimum atomic E-state index is -3.65. The maximum atomic E-state index is 12.3. The Kier molecular flexibility index (Phi) is 4.84. The summed E-state index contributed by atoms with van der Waals surface area (Å²) in [5.41, 5.74) is 0.221. The molecule has 0 aliphatic heterocycles. The third kappa shape index (κ3) is 4.12. The summed E-state index contributed by atoms with van der Waals surface area (Å²) in [4.78, 5) is 23.3. The van der Waals surface area contributed by atoms with Gasteiger partial charge in [-0.2, -0.15) is 0 Å². The van der Waals surface area contributed by atoms with E-state index < -0.39 is 21.9 Å². The predicted molar refractivity (Wildman–Crippen MR) is 91.4 cm³/mol. The van der Waals surface area contributed by atoms with E-state index in [4.69, 9.17) is 9.52 Å². The number of nitrogens with one attached hydrogen (secondary N) is 2. The van der Waals surface area contributed by atoms with Gasteiger partial charge in [-0.1, -0.05) is 6.07 Å². The molecule has 0 radical (unpaired) electrons. The smallest absolute Gasteiger partial charge is 0.339 e. The molecule has 1 heterocycles. The largest absolute Gasteiger partial charge is 0.478 e. The molecular weight excluding hydrogens is 360 g/mol. The van der Waals surface area contributed by atoms with Gasteiger partial charge in [0.2, 0.25) is 10.0 Å². The molecule has 0 unspecified atom stereocenters. The molecule has 0 spiro atoms. The standard InChI is InChI=1S/C17H18N2O6S/c1-10-15(17(21)22)8-13(25-10)9-18-16(20)11-3-2-4-14(7-11)26(23,24)19-12-5-6-12/h2-4,7-8,12,19H,5-6,9H2,1H3,(H,18,20)(H,21,22). The SMILES string of the molecule is Cc1oc(CNC(=O)c2cccc(S(=O)(=O)NC3CC3)c2)cc1C(=O)O. The predicted octanol–water partition coefficient (Wildman–Crippen LogP) is 1.66. The third-order valence-electron chi connectivity index (χ3n) is 3.93. The maximum absolute atomic E-state index is 12.3. The van der Waals surface area contributed by atoms with Gasteiger partial charge >= 0.3 is 5.97 Å². The summed E-state index contributed by atoms with van der Waals surface area (Å²) < 4.78 is 32.3. The highest BCUT2D eigenvalue weighted by atomic mass is 32.2. The van der Waals surface area contributed by atoms with Crippen LogP contribution < -0.4 is 10.0 Å². The van der Waals surface area contributed by atoms with E-state index in [0.29, 0.717) is 5.76 Å². The lowest BCUT2D eigenvalue weighted by molar-refractivity contribution is 0.0694. The lowest BCUT2D eigenvalue weighted by Gasteiger charge is -2.08. The number of carbonyl (C=O) groups excluding carboxylic acids is 1. The van der Waals surface area contributed by atoms with E-state index in [0.717, 1.165) is 12.8 Å². The lowest BCUT2D eigenvalue weighted by Crippen LogP contribution is -2.27. The van der Waals surface area contributed by atoms with E-state index in [9.17, 15) is 18.0 Å². The van der Waals surface area contributed by atoms with Gasteiger partial charge in [0, 0.05) is 11.6 Å². The average Bonchev–Trinajstić information content (AvgIpc) is 3.31. The van der Waals surface area contributed by atoms with Crippen LogP contribution in [0.5, 0.6) is 0 Å². The van der Waals surface area contributed by atoms with Gasteiger partial charge in [0.1, 0.15) is 17.1 Å². The Hall–Kier alpha value is -2.65. The summed E-state index contributed by atoms with van der Waals surface area (Å²) in [6, 6.07) is 7.05. The van der Waals surface area contributed by atoms with Gasteiger partial charge in [0.15, 0.2) is 0 Å². The van der Waals surface area contributed by atoms with Crippen molar-refractivity contribution >= 4 is 21.9 Å². The number of benzene rings is 1. The van der Waals surface area contributed by atoms with Crippen LogP contribution in [0.2, 0.25) is 0 Å². The summed E-state index contributed by atoms with van der Waals surface area (Å²) in [5, 5.41) is 11.6. The van der Waals surface area contributed by atoms with Crippen LogP contribution >= 0.6 is 0 Å². The first kappa shape index (κ1) is 18.2. The van der Waals surface area contributed by atoms with Crippen LogP contribution in [0.3, 0.4) is 0 Å². The summed E-state index contributed by atoms with van der Waals surface area (Å²) in [6.45, 7) is 1.51. The zero-order valence-electron chi connectivity index (χ0n) is 14.0. The minimum Gasteiger partial charge on any atom is -0.478 e. The van der Waals surface area contributed by atoms with Crippen molar-refractivity contribution in [2.45, 2.75) is 37.2 Å². The molecular formula is C17H18N2O6S. The fourth-order valence-corrected chi connectivity index (χ4v) is 3.76. The molecule has 1 amide bonds. The van der Waals surface area contributed by atoms with Crippen molar-refractivity contribution in [3.05, 3.63) is 53.0 Å². The van der Waals surface area contributed by atoms with Crippen molar-refractivity contribution in [1.29, 1.82) is 0 Å². The molecule has 0 atom stereocenters. The van der Waals surface area contributed by atoms with E-state index in [1.807, 2.05) is 0 Å². The second kappa shape index (κ2) is 6.93. The Bertz CT molecular complexity index is 959. The van der Waals surface area contributed by atoms with Gasteiger partial charge in [0.05, 0.1) is 11.4 Å². The number of furan rings is 1. The van der Waals surface area contributed by atoms with Crippen molar-refractivity contribution in [3.63, 3.8) is 0 Å². The molecule has 3 rings (SSSR count). The number of rotatable bonds is 7. The molecule has 1 aliphatic rings. The second-order valence-electron chi connectivity index (χ2n) is 6.09. The van der Waals surface area contributed by atoms with E-state index in [-0.39, 0.29) is 34.4 Å². The van der Waals surface area contributed by atoms with Crippen LogP contribution in [-0.2, 0) is 16.6 Å². The first-order chi connectivity index (χ1) is 12.3.